The molecule has 1 amide bonds. The Hall–Kier alpha value is -3.63. The molecule has 10 heteroatoms. The number of hydrogen-bond acceptors (Lipinski definition) is 8. The molecule has 1 aromatic rings. The van der Waals surface area contributed by atoms with Crippen LogP contribution in [0.15, 0.2) is 40.2 Å². The second-order valence-corrected chi connectivity index (χ2v) is 7.33. The van der Waals surface area contributed by atoms with E-state index in [0.29, 0.717) is 17.1 Å². The van der Waals surface area contributed by atoms with Crippen LogP contribution in [0.1, 0.15) is 17.9 Å². The van der Waals surface area contributed by atoms with Crippen molar-refractivity contribution in [3.05, 3.63) is 45.8 Å². The third-order valence-corrected chi connectivity index (χ3v) is 5.90. The highest BCUT2D eigenvalue weighted by atomic mass is 32.2. The number of carboxylic acid groups (broad SMARTS) is 1. The number of aliphatic carboxylic acids is 1. The van der Waals surface area contributed by atoms with Crippen molar-refractivity contribution in [3.63, 3.8) is 0 Å². The Balaban J connectivity index is 2.25. The molecule has 1 fully saturated rings. The van der Waals surface area contributed by atoms with Crippen LogP contribution >= 0.6 is 11.8 Å². The molecule has 29 heavy (non-hydrogen) atoms. The quantitative estimate of drug-likeness (QED) is 0.735. The van der Waals surface area contributed by atoms with E-state index in [1.807, 2.05) is 6.07 Å². The highest BCUT2D eigenvalue weighted by molar-refractivity contribution is 8.04. The van der Waals surface area contributed by atoms with E-state index in [9.17, 15) is 20.1 Å². The van der Waals surface area contributed by atoms with E-state index in [4.69, 9.17) is 20.3 Å². The maximum Gasteiger partial charge on any atom is 0.305 e. The Morgan fingerprint density at radius 1 is 1.28 bits per heavy atom. The number of nitriles is 2. The number of ether oxygens (including phenoxy) is 2. The number of nitrogens with two attached hydrogens (primary N) is 1. The van der Waals surface area contributed by atoms with Crippen LogP contribution in [0.4, 0.5) is 0 Å². The van der Waals surface area contributed by atoms with Crippen molar-refractivity contribution in [3.8, 4) is 23.6 Å². The van der Waals surface area contributed by atoms with Crippen molar-refractivity contribution >= 4 is 23.6 Å². The van der Waals surface area contributed by atoms with E-state index in [2.05, 4.69) is 6.07 Å². The standard InChI is InChI=1S/C19H16N4O5S/c1-27-12-5-3-4-9(16(12)28-2)15-10(7-20)17(22)23-18(26)13(6-14(24)25)29-19(23)11(15)8-21/h3-5,13,15H,6,22H2,1-2H3,(H,24,25). The first kappa shape index (κ1) is 20.1. The van der Waals surface area contributed by atoms with E-state index < -0.39 is 29.5 Å². The third kappa shape index (κ3) is 3.13. The molecule has 3 N–H and O–H groups in total. The number of hydrogen-bond donors (Lipinski definition) is 2. The molecule has 2 aliphatic rings. The molecular formula is C19H16N4O5S. The number of para-hydroxylation sites is 1. The predicted molar refractivity (Wildman–Crippen MR) is 102 cm³/mol. The van der Waals surface area contributed by atoms with Gasteiger partial charge in [-0.15, -0.1) is 0 Å². The molecule has 0 aliphatic carbocycles. The average molecular weight is 412 g/mol. The number of allylic oxidation sites excluding steroid dienone is 2. The summed E-state index contributed by atoms with van der Waals surface area (Å²) in [6.07, 6.45) is -0.426. The van der Waals surface area contributed by atoms with Crippen LogP contribution in [0.25, 0.3) is 0 Å². The van der Waals surface area contributed by atoms with Crippen LogP contribution in [0.2, 0.25) is 0 Å². The first-order valence-electron chi connectivity index (χ1n) is 8.36. The summed E-state index contributed by atoms with van der Waals surface area (Å²) in [7, 11) is 2.90. The van der Waals surface area contributed by atoms with E-state index >= 15 is 0 Å². The van der Waals surface area contributed by atoms with E-state index in [-0.39, 0.29) is 22.0 Å². The van der Waals surface area contributed by atoms with Gasteiger partial charge in [0.2, 0.25) is 5.91 Å². The monoisotopic (exact) mass is 412 g/mol. The van der Waals surface area contributed by atoms with Gasteiger partial charge in [0.1, 0.15) is 11.1 Å². The molecule has 0 radical (unpaired) electrons. The van der Waals surface area contributed by atoms with Crippen molar-refractivity contribution in [2.24, 2.45) is 5.73 Å². The van der Waals surface area contributed by atoms with Crippen LogP contribution in [0.5, 0.6) is 11.5 Å². The fraction of sp³-hybridized carbons (Fsp3) is 0.263. The number of thioether (sulfide) groups is 1. The van der Waals surface area contributed by atoms with E-state index in [1.165, 1.54) is 14.2 Å². The molecule has 148 valence electrons. The fourth-order valence-electron chi connectivity index (χ4n) is 3.40. The Bertz CT molecular complexity index is 1050. The zero-order chi connectivity index (χ0) is 21.3. The molecule has 2 unspecified atom stereocenters. The molecule has 0 saturated carbocycles. The highest BCUT2D eigenvalue weighted by Crippen LogP contribution is 2.51. The number of fused-ring (bicyclic) bond motifs is 1. The van der Waals surface area contributed by atoms with Gasteiger partial charge in [-0.1, -0.05) is 23.9 Å². The number of rotatable bonds is 5. The molecule has 3 rings (SSSR count). The number of carbonyl (C=O) groups is 2. The molecule has 0 spiro atoms. The van der Waals surface area contributed by atoms with Crippen LogP contribution in [0, 0.1) is 22.7 Å². The van der Waals surface area contributed by atoms with Crippen LogP contribution in [-0.2, 0) is 9.59 Å². The lowest BCUT2D eigenvalue weighted by molar-refractivity contribution is -0.139. The predicted octanol–water partition coefficient (Wildman–Crippen LogP) is 1.65. The third-order valence-electron chi connectivity index (χ3n) is 4.62. The van der Waals surface area contributed by atoms with Crippen molar-refractivity contribution in [2.75, 3.05) is 14.2 Å². The summed E-state index contributed by atoms with van der Waals surface area (Å²) in [6.45, 7) is 0. The van der Waals surface area contributed by atoms with Gasteiger partial charge in [0, 0.05) is 5.56 Å². The first-order valence-corrected chi connectivity index (χ1v) is 9.24. The van der Waals surface area contributed by atoms with Gasteiger partial charge in [0.25, 0.3) is 0 Å². The molecular weight excluding hydrogens is 396 g/mol. The average Bonchev–Trinajstić information content (AvgIpc) is 3.02. The van der Waals surface area contributed by atoms with Crippen LogP contribution < -0.4 is 15.2 Å². The number of carbonyl (C=O) groups excluding carboxylic acids is 1. The topological polar surface area (TPSA) is 150 Å². The van der Waals surface area contributed by atoms with Gasteiger partial charge in [0.15, 0.2) is 11.5 Å². The number of carboxylic acids is 1. The van der Waals surface area contributed by atoms with Crippen molar-refractivity contribution < 1.29 is 24.2 Å². The number of nitrogens with zero attached hydrogens (tertiary/aromatic N) is 3. The molecule has 0 bridgehead atoms. The number of amides is 1. The molecule has 0 aromatic heterocycles. The molecule has 1 saturated heterocycles. The fourth-order valence-corrected chi connectivity index (χ4v) is 4.69. The lowest BCUT2D eigenvalue weighted by Crippen LogP contribution is -2.37. The van der Waals surface area contributed by atoms with Gasteiger partial charge >= 0.3 is 5.97 Å². The van der Waals surface area contributed by atoms with Gasteiger partial charge in [-0.05, 0) is 6.07 Å². The minimum atomic E-state index is -1.15. The Morgan fingerprint density at radius 3 is 2.52 bits per heavy atom. The Morgan fingerprint density at radius 2 is 1.97 bits per heavy atom. The van der Waals surface area contributed by atoms with E-state index in [0.717, 1.165) is 16.7 Å². The smallest absolute Gasteiger partial charge is 0.305 e. The van der Waals surface area contributed by atoms with Crippen LogP contribution in [-0.4, -0.2) is 41.4 Å². The summed E-state index contributed by atoms with van der Waals surface area (Å²) >= 11 is 0.959. The number of methoxy groups -OCH3 is 2. The zero-order valence-electron chi connectivity index (χ0n) is 15.5. The lowest BCUT2D eigenvalue weighted by Gasteiger charge is -2.30. The summed E-state index contributed by atoms with van der Waals surface area (Å²) in [5.41, 5.74) is 6.75. The Kier molecular flexibility index (Phi) is 5.39. The summed E-state index contributed by atoms with van der Waals surface area (Å²) in [5, 5.41) is 28.1. The Labute approximate surface area is 170 Å². The van der Waals surface area contributed by atoms with Gasteiger partial charge in [-0.2, -0.15) is 10.5 Å². The second kappa shape index (κ2) is 7.78. The molecule has 2 aliphatic heterocycles. The summed E-state index contributed by atoms with van der Waals surface area (Å²) in [6, 6.07) is 9.11. The van der Waals surface area contributed by atoms with Gasteiger partial charge in [0.05, 0.1) is 54.9 Å². The largest absolute Gasteiger partial charge is 0.493 e. The zero-order valence-corrected chi connectivity index (χ0v) is 16.3. The van der Waals surface area contributed by atoms with Crippen molar-refractivity contribution in [2.45, 2.75) is 17.6 Å². The SMILES string of the molecule is COc1cccc(C2C(C#N)=C(N)N3C(=O)C(CC(=O)O)SC3=C2C#N)c1OC. The summed E-state index contributed by atoms with van der Waals surface area (Å²) in [5.74, 6) is -1.99. The minimum absolute atomic E-state index is 0.00165. The van der Waals surface area contributed by atoms with Crippen LogP contribution in [0.3, 0.4) is 0 Å². The summed E-state index contributed by atoms with van der Waals surface area (Å²) in [4.78, 5) is 24.9. The van der Waals surface area contributed by atoms with Gasteiger partial charge < -0.3 is 20.3 Å². The second-order valence-electron chi connectivity index (χ2n) is 6.14. The minimum Gasteiger partial charge on any atom is -0.493 e. The first-order chi connectivity index (χ1) is 13.9. The molecule has 2 atom stereocenters. The van der Waals surface area contributed by atoms with Gasteiger partial charge in [-0.25, -0.2) is 0 Å². The highest BCUT2D eigenvalue weighted by Gasteiger charge is 2.47. The molecule has 1 aromatic carbocycles. The molecule has 2 heterocycles. The maximum absolute atomic E-state index is 12.7. The van der Waals surface area contributed by atoms with Crippen molar-refractivity contribution in [1.29, 1.82) is 10.5 Å². The summed E-state index contributed by atoms with van der Waals surface area (Å²) < 4.78 is 10.8. The van der Waals surface area contributed by atoms with Crippen molar-refractivity contribution in [1.82, 2.24) is 4.90 Å². The lowest BCUT2D eigenvalue weighted by atomic mass is 9.83. The number of benzene rings is 1. The normalized spacial score (nSPS) is 20.8. The van der Waals surface area contributed by atoms with Gasteiger partial charge in [-0.3, -0.25) is 14.5 Å². The maximum atomic E-state index is 12.7. The van der Waals surface area contributed by atoms with E-state index in [1.54, 1.807) is 18.2 Å². The molecule has 9 nitrogen and oxygen atoms in total.